The molecule has 1 atom stereocenters. The van der Waals surface area contributed by atoms with Crippen molar-refractivity contribution >= 4 is 15.9 Å². The number of aryl methyl sites for hydroxylation is 2. The molecule has 1 heterocycles. The molecule has 4 nitrogen and oxygen atoms in total. The average molecular weight is 332 g/mol. The molecule has 0 radical (unpaired) electrons. The van der Waals surface area contributed by atoms with Crippen LogP contribution in [0, 0.1) is 0 Å². The Bertz CT molecular complexity index is 392. The Morgan fingerprint density at radius 3 is 2.58 bits per heavy atom. The minimum Gasteiger partial charge on any atom is -0.383 e. The van der Waals surface area contributed by atoms with Crippen LogP contribution in [-0.2, 0) is 24.8 Å². The molecule has 1 unspecified atom stereocenters. The Labute approximate surface area is 125 Å². The van der Waals surface area contributed by atoms with Crippen LogP contribution < -0.4 is 0 Å². The van der Waals surface area contributed by atoms with Gasteiger partial charge in [0.2, 0.25) is 0 Å². The third-order valence-corrected chi connectivity index (χ3v) is 4.57. The van der Waals surface area contributed by atoms with Crippen molar-refractivity contribution in [3.8, 4) is 0 Å². The fourth-order valence-corrected chi connectivity index (χ4v) is 2.85. The molecule has 0 aliphatic carbocycles. The van der Waals surface area contributed by atoms with Crippen LogP contribution in [0.2, 0.25) is 0 Å². The lowest BCUT2D eigenvalue weighted by molar-refractivity contribution is 0.116. The van der Waals surface area contributed by atoms with E-state index in [9.17, 15) is 0 Å². The molecule has 0 fully saturated rings. The van der Waals surface area contributed by atoms with Gasteiger partial charge in [0.15, 0.2) is 0 Å². The van der Waals surface area contributed by atoms with Crippen LogP contribution in [-0.4, -0.2) is 41.0 Å². The Kier molecular flexibility index (Phi) is 7.04. The minimum atomic E-state index is 0.544. The van der Waals surface area contributed by atoms with Gasteiger partial charge in [-0.1, -0.05) is 13.8 Å². The van der Waals surface area contributed by atoms with Crippen LogP contribution >= 0.6 is 15.9 Å². The van der Waals surface area contributed by atoms with Crippen molar-refractivity contribution in [2.75, 3.05) is 20.3 Å². The van der Waals surface area contributed by atoms with E-state index in [4.69, 9.17) is 4.74 Å². The number of rotatable bonds is 8. The van der Waals surface area contributed by atoms with Gasteiger partial charge in [0.05, 0.1) is 22.5 Å². The third-order valence-electron chi connectivity index (χ3n) is 3.65. The van der Waals surface area contributed by atoms with E-state index in [2.05, 4.69) is 46.7 Å². The van der Waals surface area contributed by atoms with Gasteiger partial charge in [0.25, 0.3) is 0 Å². The second kappa shape index (κ2) is 8.02. The van der Waals surface area contributed by atoms with E-state index >= 15 is 0 Å². The van der Waals surface area contributed by atoms with Crippen molar-refractivity contribution < 1.29 is 4.74 Å². The number of halogens is 1. The van der Waals surface area contributed by atoms with Crippen LogP contribution in [0.1, 0.15) is 38.6 Å². The predicted molar refractivity (Wildman–Crippen MR) is 82.3 cm³/mol. The fraction of sp³-hybridized carbons (Fsp3) is 0.786. The molecule has 0 amide bonds. The van der Waals surface area contributed by atoms with E-state index in [0.717, 1.165) is 42.7 Å². The zero-order valence-electron chi connectivity index (χ0n) is 12.7. The third kappa shape index (κ3) is 4.29. The summed E-state index contributed by atoms with van der Waals surface area (Å²) in [4.78, 5) is 2.45. The van der Waals surface area contributed by atoms with E-state index in [1.165, 1.54) is 5.69 Å². The molecular weight excluding hydrogens is 306 g/mol. The summed E-state index contributed by atoms with van der Waals surface area (Å²) in [5.41, 5.74) is 2.38. The number of methoxy groups -OCH3 is 1. The van der Waals surface area contributed by atoms with Gasteiger partial charge in [-0.05, 0) is 35.7 Å². The van der Waals surface area contributed by atoms with Crippen molar-refractivity contribution in [1.29, 1.82) is 0 Å². The second-order valence-corrected chi connectivity index (χ2v) is 5.70. The van der Waals surface area contributed by atoms with Crippen LogP contribution in [0.3, 0.4) is 0 Å². The average Bonchev–Trinajstić information content (AvgIpc) is 2.69. The lowest BCUT2D eigenvalue weighted by atomic mass is 10.2. The molecule has 0 aliphatic heterocycles. The molecule has 0 aliphatic rings. The molecular formula is C14H26BrN3O. The lowest BCUT2D eigenvalue weighted by Crippen LogP contribution is -2.35. The van der Waals surface area contributed by atoms with Crippen molar-refractivity contribution in [3.05, 3.63) is 15.9 Å². The van der Waals surface area contributed by atoms with Gasteiger partial charge in [-0.2, -0.15) is 5.10 Å². The maximum Gasteiger partial charge on any atom is 0.0767 e. The zero-order valence-corrected chi connectivity index (χ0v) is 14.3. The molecule has 0 spiro atoms. The Morgan fingerprint density at radius 2 is 2.11 bits per heavy atom. The number of hydrogen-bond donors (Lipinski definition) is 0. The molecule has 0 saturated heterocycles. The Morgan fingerprint density at radius 1 is 1.42 bits per heavy atom. The van der Waals surface area contributed by atoms with Gasteiger partial charge in [0, 0.05) is 33.3 Å². The molecule has 1 aromatic heterocycles. The first-order valence-electron chi connectivity index (χ1n) is 6.98. The summed E-state index contributed by atoms with van der Waals surface area (Å²) in [6.45, 7) is 9.24. The van der Waals surface area contributed by atoms with Crippen LogP contribution in [0.25, 0.3) is 0 Å². The molecule has 0 bridgehead atoms. The van der Waals surface area contributed by atoms with E-state index in [1.807, 2.05) is 11.7 Å². The largest absolute Gasteiger partial charge is 0.383 e. The summed E-state index contributed by atoms with van der Waals surface area (Å²) in [6, 6.07) is 0.544. The summed E-state index contributed by atoms with van der Waals surface area (Å²) in [7, 11) is 3.77. The normalized spacial score (nSPS) is 13.2. The summed E-state index contributed by atoms with van der Waals surface area (Å²) in [5, 5.41) is 4.56. The van der Waals surface area contributed by atoms with E-state index in [1.54, 1.807) is 7.11 Å². The summed E-state index contributed by atoms with van der Waals surface area (Å²) in [6.07, 6.45) is 2.09. The SMILES string of the molecule is CCc1nn(C)c(CN(CCOC)C(C)CC)c1Br. The summed E-state index contributed by atoms with van der Waals surface area (Å²) in [5.74, 6) is 0. The zero-order chi connectivity index (χ0) is 14.4. The number of nitrogens with zero attached hydrogens (tertiary/aromatic N) is 3. The highest BCUT2D eigenvalue weighted by Gasteiger charge is 2.18. The van der Waals surface area contributed by atoms with Crippen molar-refractivity contribution in [1.82, 2.24) is 14.7 Å². The standard InChI is InChI=1S/C14H26BrN3O/c1-6-11(3)18(8-9-19-5)10-13-14(15)12(7-2)16-17(13)4/h11H,6-10H2,1-5H3. The molecule has 0 N–H and O–H groups in total. The van der Waals surface area contributed by atoms with Gasteiger partial charge in [-0.25, -0.2) is 0 Å². The predicted octanol–water partition coefficient (Wildman–Crippen LogP) is 2.99. The maximum absolute atomic E-state index is 5.22. The van der Waals surface area contributed by atoms with Gasteiger partial charge < -0.3 is 4.74 Å². The molecule has 0 saturated carbocycles. The molecule has 19 heavy (non-hydrogen) atoms. The van der Waals surface area contributed by atoms with Gasteiger partial charge in [-0.15, -0.1) is 0 Å². The fourth-order valence-electron chi connectivity index (χ4n) is 2.11. The van der Waals surface area contributed by atoms with Crippen molar-refractivity contribution in [2.24, 2.45) is 7.05 Å². The first-order chi connectivity index (χ1) is 9.04. The first-order valence-corrected chi connectivity index (χ1v) is 7.77. The number of ether oxygens (including phenoxy) is 1. The maximum atomic E-state index is 5.22. The highest BCUT2D eigenvalue weighted by molar-refractivity contribution is 9.10. The highest BCUT2D eigenvalue weighted by atomic mass is 79.9. The lowest BCUT2D eigenvalue weighted by Gasteiger charge is -2.28. The minimum absolute atomic E-state index is 0.544. The quantitative estimate of drug-likeness (QED) is 0.733. The van der Waals surface area contributed by atoms with Gasteiger partial charge >= 0.3 is 0 Å². The summed E-state index contributed by atoms with van der Waals surface area (Å²) >= 11 is 3.69. The van der Waals surface area contributed by atoms with E-state index < -0.39 is 0 Å². The first kappa shape index (κ1) is 16.7. The Balaban J connectivity index is 2.86. The van der Waals surface area contributed by atoms with Gasteiger partial charge in [-0.3, -0.25) is 9.58 Å². The second-order valence-electron chi connectivity index (χ2n) is 4.91. The molecule has 0 aromatic carbocycles. The van der Waals surface area contributed by atoms with E-state index in [-0.39, 0.29) is 0 Å². The molecule has 1 rings (SSSR count). The van der Waals surface area contributed by atoms with Gasteiger partial charge in [0.1, 0.15) is 0 Å². The van der Waals surface area contributed by atoms with Crippen LogP contribution in [0.4, 0.5) is 0 Å². The topological polar surface area (TPSA) is 30.3 Å². The number of aromatic nitrogens is 2. The van der Waals surface area contributed by atoms with Crippen molar-refractivity contribution in [3.63, 3.8) is 0 Å². The monoisotopic (exact) mass is 331 g/mol. The highest BCUT2D eigenvalue weighted by Crippen LogP contribution is 2.23. The Hall–Kier alpha value is -0.390. The smallest absolute Gasteiger partial charge is 0.0767 e. The van der Waals surface area contributed by atoms with Crippen LogP contribution in [0.15, 0.2) is 4.47 Å². The summed E-state index contributed by atoms with van der Waals surface area (Å²) < 4.78 is 8.36. The molecule has 110 valence electrons. The molecule has 5 heteroatoms. The van der Waals surface area contributed by atoms with Crippen molar-refractivity contribution in [2.45, 2.75) is 46.2 Å². The molecule has 1 aromatic rings. The van der Waals surface area contributed by atoms with E-state index in [0.29, 0.717) is 6.04 Å². The van der Waals surface area contributed by atoms with Crippen LogP contribution in [0.5, 0.6) is 0 Å². The number of hydrogen-bond acceptors (Lipinski definition) is 3.